The molecule has 0 bridgehead atoms. The lowest BCUT2D eigenvalue weighted by Gasteiger charge is -2.32. The maximum Gasteiger partial charge on any atom is 0.270 e. The molecule has 0 radical (unpaired) electrons. The van der Waals surface area contributed by atoms with E-state index in [-0.39, 0.29) is 5.91 Å². The second-order valence-corrected chi connectivity index (χ2v) is 6.36. The van der Waals surface area contributed by atoms with Crippen LogP contribution in [-0.4, -0.2) is 35.5 Å². The molecular formula is C20H24N4O. The Balaban J connectivity index is 1.57. The topological polar surface area (TPSA) is 58.1 Å². The molecule has 130 valence electrons. The van der Waals surface area contributed by atoms with Gasteiger partial charge in [-0.25, -0.2) is 9.97 Å². The largest absolute Gasteiger partial charge is 0.347 e. The molecule has 2 heterocycles. The van der Waals surface area contributed by atoms with E-state index < -0.39 is 0 Å². The summed E-state index contributed by atoms with van der Waals surface area (Å²) >= 11 is 0. The quantitative estimate of drug-likeness (QED) is 0.824. The molecule has 0 aliphatic carbocycles. The normalized spacial score (nSPS) is 15.0. The van der Waals surface area contributed by atoms with Gasteiger partial charge in [0.15, 0.2) is 0 Å². The number of nitrogens with one attached hydrogen (secondary N) is 1. The first kappa shape index (κ1) is 17.1. The van der Waals surface area contributed by atoms with Gasteiger partial charge in [-0.1, -0.05) is 36.4 Å². The lowest BCUT2D eigenvalue weighted by Crippen LogP contribution is -2.36. The summed E-state index contributed by atoms with van der Waals surface area (Å²) in [6, 6.07) is 12.3. The van der Waals surface area contributed by atoms with Gasteiger partial charge >= 0.3 is 0 Å². The number of benzene rings is 1. The number of anilines is 1. The van der Waals surface area contributed by atoms with Crippen LogP contribution in [0.15, 0.2) is 55.3 Å². The molecule has 1 amide bonds. The molecule has 0 spiro atoms. The second-order valence-electron chi connectivity index (χ2n) is 6.36. The van der Waals surface area contributed by atoms with E-state index in [0.717, 1.165) is 32.4 Å². The van der Waals surface area contributed by atoms with Crippen molar-refractivity contribution in [1.82, 2.24) is 15.3 Å². The second kappa shape index (κ2) is 8.42. The number of nitrogens with zero attached hydrogens (tertiary/aromatic N) is 3. The van der Waals surface area contributed by atoms with Crippen molar-refractivity contribution in [2.24, 2.45) is 5.92 Å². The zero-order valence-electron chi connectivity index (χ0n) is 14.4. The van der Waals surface area contributed by atoms with Crippen LogP contribution in [0.5, 0.6) is 0 Å². The number of carbonyl (C=O) groups excluding carboxylic acids is 1. The molecule has 1 aliphatic rings. The van der Waals surface area contributed by atoms with Gasteiger partial charge in [-0.15, -0.1) is 6.58 Å². The number of hydrogen-bond donors (Lipinski definition) is 1. The lowest BCUT2D eigenvalue weighted by molar-refractivity contribution is 0.0953. The predicted molar refractivity (Wildman–Crippen MR) is 99.6 cm³/mol. The Hall–Kier alpha value is -2.69. The van der Waals surface area contributed by atoms with E-state index in [1.165, 1.54) is 5.56 Å². The number of aromatic nitrogens is 2. The molecule has 1 aromatic heterocycles. The summed E-state index contributed by atoms with van der Waals surface area (Å²) in [6.45, 7) is 5.88. The number of hydrogen-bond acceptors (Lipinski definition) is 4. The molecule has 1 saturated heterocycles. The summed E-state index contributed by atoms with van der Waals surface area (Å²) in [5, 5.41) is 2.75. The maximum atomic E-state index is 12.0. The fourth-order valence-electron chi connectivity index (χ4n) is 3.17. The van der Waals surface area contributed by atoms with Crippen molar-refractivity contribution in [2.45, 2.75) is 19.3 Å². The fourth-order valence-corrected chi connectivity index (χ4v) is 3.17. The van der Waals surface area contributed by atoms with Crippen molar-refractivity contribution >= 4 is 11.9 Å². The standard InChI is InChI=1S/C20H24N4O/c1-2-11-21-19(25)18-8-12-22-20(23-18)24-13-9-17(10-14-24)15-16-6-4-3-5-7-16/h2-8,12,17H,1,9-11,13-15H2,(H,21,25). The molecule has 0 unspecified atom stereocenters. The number of amides is 1. The average Bonchev–Trinajstić information content (AvgIpc) is 2.67. The van der Waals surface area contributed by atoms with E-state index in [1.54, 1.807) is 18.3 Å². The minimum atomic E-state index is -0.192. The van der Waals surface area contributed by atoms with E-state index in [9.17, 15) is 4.79 Å². The van der Waals surface area contributed by atoms with E-state index in [0.29, 0.717) is 24.1 Å². The van der Waals surface area contributed by atoms with Crippen molar-refractivity contribution in [2.75, 3.05) is 24.5 Å². The lowest BCUT2D eigenvalue weighted by atomic mass is 9.90. The van der Waals surface area contributed by atoms with Crippen LogP contribution in [-0.2, 0) is 6.42 Å². The van der Waals surface area contributed by atoms with Crippen LogP contribution in [0.2, 0.25) is 0 Å². The van der Waals surface area contributed by atoms with Crippen molar-refractivity contribution in [3.8, 4) is 0 Å². The molecule has 1 N–H and O–H groups in total. The van der Waals surface area contributed by atoms with Crippen LogP contribution < -0.4 is 10.2 Å². The molecule has 25 heavy (non-hydrogen) atoms. The van der Waals surface area contributed by atoms with Gasteiger partial charge in [0.05, 0.1) is 0 Å². The van der Waals surface area contributed by atoms with Gasteiger partial charge in [-0.05, 0) is 36.8 Å². The van der Waals surface area contributed by atoms with Gasteiger partial charge in [-0.2, -0.15) is 0 Å². The Bertz CT molecular complexity index is 709. The van der Waals surface area contributed by atoms with E-state index in [2.05, 4.69) is 57.1 Å². The number of rotatable bonds is 6. The van der Waals surface area contributed by atoms with Crippen LogP contribution in [0.25, 0.3) is 0 Å². The third-order valence-corrected chi connectivity index (χ3v) is 4.55. The van der Waals surface area contributed by atoms with Crippen molar-refractivity contribution < 1.29 is 4.79 Å². The molecule has 5 heteroatoms. The first-order valence-electron chi connectivity index (χ1n) is 8.77. The Morgan fingerprint density at radius 1 is 1.24 bits per heavy atom. The number of piperidine rings is 1. The highest BCUT2D eigenvalue weighted by Crippen LogP contribution is 2.23. The third-order valence-electron chi connectivity index (χ3n) is 4.55. The van der Waals surface area contributed by atoms with E-state index in [1.807, 2.05) is 0 Å². The highest BCUT2D eigenvalue weighted by atomic mass is 16.1. The Morgan fingerprint density at radius 3 is 2.72 bits per heavy atom. The van der Waals surface area contributed by atoms with Crippen molar-refractivity contribution in [3.05, 3.63) is 66.5 Å². The molecular weight excluding hydrogens is 312 g/mol. The van der Waals surface area contributed by atoms with Gasteiger partial charge in [-0.3, -0.25) is 4.79 Å². The Kier molecular flexibility index (Phi) is 5.77. The van der Waals surface area contributed by atoms with Crippen LogP contribution in [0.4, 0.5) is 5.95 Å². The summed E-state index contributed by atoms with van der Waals surface area (Å²) in [5.41, 5.74) is 1.80. The molecule has 5 nitrogen and oxygen atoms in total. The van der Waals surface area contributed by atoms with Gasteiger partial charge in [0.25, 0.3) is 5.91 Å². The van der Waals surface area contributed by atoms with Gasteiger partial charge < -0.3 is 10.2 Å². The molecule has 1 aromatic carbocycles. The van der Waals surface area contributed by atoms with Gasteiger partial charge in [0.1, 0.15) is 5.69 Å². The fraction of sp³-hybridized carbons (Fsp3) is 0.350. The average molecular weight is 336 g/mol. The summed E-state index contributed by atoms with van der Waals surface area (Å²) in [7, 11) is 0. The first-order valence-corrected chi connectivity index (χ1v) is 8.77. The summed E-state index contributed by atoms with van der Waals surface area (Å²) in [5.74, 6) is 1.14. The van der Waals surface area contributed by atoms with Crippen LogP contribution in [0.1, 0.15) is 28.9 Å². The van der Waals surface area contributed by atoms with Gasteiger partial charge in [0, 0.05) is 25.8 Å². The molecule has 0 saturated carbocycles. The Morgan fingerprint density at radius 2 is 2.00 bits per heavy atom. The number of carbonyl (C=O) groups is 1. The van der Waals surface area contributed by atoms with Gasteiger partial charge in [0.2, 0.25) is 5.95 Å². The minimum Gasteiger partial charge on any atom is -0.347 e. The third kappa shape index (κ3) is 4.66. The molecule has 3 rings (SSSR count). The first-order chi connectivity index (χ1) is 12.3. The SMILES string of the molecule is C=CCNC(=O)c1ccnc(N2CCC(Cc3ccccc3)CC2)n1. The summed E-state index contributed by atoms with van der Waals surface area (Å²) in [6.07, 6.45) is 6.66. The smallest absolute Gasteiger partial charge is 0.270 e. The zero-order valence-corrected chi connectivity index (χ0v) is 14.4. The highest BCUT2D eigenvalue weighted by Gasteiger charge is 2.22. The van der Waals surface area contributed by atoms with Crippen LogP contribution in [0, 0.1) is 5.92 Å². The predicted octanol–water partition coefficient (Wildman–Crippen LogP) is 2.85. The molecule has 2 aromatic rings. The monoisotopic (exact) mass is 336 g/mol. The molecule has 0 atom stereocenters. The minimum absolute atomic E-state index is 0.192. The van der Waals surface area contributed by atoms with Crippen molar-refractivity contribution in [1.29, 1.82) is 0 Å². The van der Waals surface area contributed by atoms with Crippen LogP contribution in [0.3, 0.4) is 0 Å². The zero-order chi connectivity index (χ0) is 17.5. The van der Waals surface area contributed by atoms with E-state index in [4.69, 9.17) is 0 Å². The summed E-state index contributed by atoms with van der Waals surface area (Å²) < 4.78 is 0. The molecule has 1 aliphatic heterocycles. The summed E-state index contributed by atoms with van der Waals surface area (Å²) in [4.78, 5) is 23.0. The van der Waals surface area contributed by atoms with Crippen LogP contribution >= 0.6 is 0 Å². The van der Waals surface area contributed by atoms with Crippen molar-refractivity contribution in [3.63, 3.8) is 0 Å². The molecule has 1 fully saturated rings. The van der Waals surface area contributed by atoms with E-state index >= 15 is 0 Å². The Labute approximate surface area is 148 Å². The highest BCUT2D eigenvalue weighted by molar-refractivity contribution is 5.92. The maximum absolute atomic E-state index is 12.0.